The molecule has 3 rings (SSSR count). The molecule has 6 heteroatoms. The van der Waals surface area contributed by atoms with Gasteiger partial charge in [-0.2, -0.15) is 0 Å². The molecule has 130 valence electrons. The highest BCUT2D eigenvalue weighted by molar-refractivity contribution is 5.87. The molecule has 0 radical (unpaired) electrons. The summed E-state index contributed by atoms with van der Waals surface area (Å²) < 4.78 is 26.5. The maximum Gasteiger partial charge on any atom is 0.228 e. The number of piperidine rings is 1. The van der Waals surface area contributed by atoms with Gasteiger partial charge in [0.15, 0.2) is 0 Å². The lowest BCUT2D eigenvalue weighted by Crippen LogP contribution is -2.60. The first-order chi connectivity index (χ1) is 11.4. The Morgan fingerprint density at radius 1 is 1.25 bits per heavy atom. The van der Waals surface area contributed by atoms with Crippen LogP contribution in [-0.4, -0.2) is 29.8 Å². The lowest BCUT2D eigenvalue weighted by atomic mass is 9.64. The Bertz CT molecular complexity index is 644. The molecule has 1 heterocycles. The van der Waals surface area contributed by atoms with Crippen molar-refractivity contribution in [3.63, 3.8) is 0 Å². The maximum atomic E-state index is 13.3. The van der Waals surface area contributed by atoms with Crippen LogP contribution in [0.4, 0.5) is 8.78 Å². The molecule has 0 bridgehead atoms. The van der Waals surface area contributed by atoms with Crippen LogP contribution in [0.5, 0.6) is 0 Å². The predicted octanol–water partition coefficient (Wildman–Crippen LogP) is 2.76. The largest absolute Gasteiger partial charge is 0.351 e. The van der Waals surface area contributed by atoms with Gasteiger partial charge >= 0.3 is 0 Å². The van der Waals surface area contributed by atoms with E-state index in [1.807, 2.05) is 0 Å². The van der Waals surface area contributed by atoms with E-state index in [-0.39, 0.29) is 24.4 Å². The first-order valence-corrected chi connectivity index (χ1v) is 8.41. The zero-order valence-electron chi connectivity index (χ0n) is 13.8. The minimum Gasteiger partial charge on any atom is -0.351 e. The van der Waals surface area contributed by atoms with Crippen LogP contribution in [-0.2, 0) is 16.1 Å². The third kappa shape index (κ3) is 3.01. The van der Waals surface area contributed by atoms with Crippen LogP contribution < -0.4 is 5.32 Å². The number of halogens is 2. The summed E-state index contributed by atoms with van der Waals surface area (Å²) in [7, 11) is 1.77. The summed E-state index contributed by atoms with van der Waals surface area (Å²) in [5.74, 6) is -1.35. The Kier molecular flexibility index (Phi) is 4.56. The van der Waals surface area contributed by atoms with Crippen molar-refractivity contribution in [3.8, 4) is 0 Å². The smallest absolute Gasteiger partial charge is 0.228 e. The van der Waals surface area contributed by atoms with Crippen molar-refractivity contribution in [3.05, 3.63) is 35.4 Å². The van der Waals surface area contributed by atoms with Crippen molar-refractivity contribution in [1.82, 2.24) is 10.2 Å². The molecule has 1 aromatic rings. The molecular formula is C18H22F2N2O2. The third-order valence-electron chi connectivity index (χ3n) is 5.46. The Morgan fingerprint density at radius 2 is 1.96 bits per heavy atom. The number of amides is 2. The van der Waals surface area contributed by atoms with Crippen LogP contribution in [0.1, 0.15) is 44.1 Å². The van der Waals surface area contributed by atoms with Gasteiger partial charge in [-0.25, -0.2) is 8.78 Å². The molecule has 1 aliphatic heterocycles. The van der Waals surface area contributed by atoms with Gasteiger partial charge in [-0.3, -0.25) is 9.59 Å². The second kappa shape index (κ2) is 6.49. The highest BCUT2D eigenvalue weighted by atomic mass is 19.1. The van der Waals surface area contributed by atoms with Crippen molar-refractivity contribution >= 4 is 11.8 Å². The first kappa shape index (κ1) is 16.9. The highest BCUT2D eigenvalue weighted by Crippen LogP contribution is 2.46. The van der Waals surface area contributed by atoms with Gasteiger partial charge in [0, 0.05) is 32.1 Å². The standard InChI is InChI=1S/C18H22F2N2O2/c1-22-15-4-2-3-6-18(15,7-5-16(22)23)17(24)21-11-12-8-13(19)10-14(20)9-12/h8-10,15H,2-7,11H2,1H3,(H,21,24). The van der Waals surface area contributed by atoms with Gasteiger partial charge in [0.05, 0.1) is 5.41 Å². The topological polar surface area (TPSA) is 49.4 Å². The molecule has 1 aliphatic carbocycles. The molecule has 1 saturated carbocycles. The molecule has 0 spiro atoms. The van der Waals surface area contributed by atoms with Gasteiger partial charge < -0.3 is 10.2 Å². The number of likely N-dealkylation sites (tertiary alicyclic amines) is 1. The number of rotatable bonds is 3. The summed E-state index contributed by atoms with van der Waals surface area (Å²) in [6.45, 7) is 0.0830. The zero-order chi connectivity index (χ0) is 17.3. The lowest BCUT2D eigenvalue weighted by Gasteiger charge is -2.50. The van der Waals surface area contributed by atoms with Crippen molar-refractivity contribution < 1.29 is 18.4 Å². The van der Waals surface area contributed by atoms with E-state index in [2.05, 4.69) is 5.32 Å². The van der Waals surface area contributed by atoms with Gasteiger partial charge in [0.1, 0.15) is 11.6 Å². The monoisotopic (exact) mass is 336 g/mol. The molecule has 24 heavy (non-hydrogen) atoms. The Labute approximate surface area is 140 Å². The molecule has 4 nitrogen and oxygen atoms in total. The molecule has 1 aromatic carbocycles. The number of carbonyl (C=O) groups is 2. The van der Waals surface area contributed by atoms with E-state index in [0.29, 0.717) is 18.4 Å². The van der Waals surface area contributed by atoms with Crippen molar-refractivity contribution in [2.45, 2.75) is 51.1 Å². The number of nitrogens with zero attached hydrogens (tertiary/aromatic N) is 1. The number of hydrogen-bond acceptors (Lipinski definition) is 2. The van der Waals surface area contributed by atoms with Crippen LogP contribution in [0, 0.1) is 17.0 Å². The maximum absolute atomic E-state index is 13.3. The predicted molar refractivity (Wildman–Crippen MR) is 84.9 cm³/mol. The minimum absolute atomic E-state index is 0.0810. The second-order valence-corrected chi connectivity index (χ2v) is 6.88. The summed E-state index contributed by atoms with van der Waals surface area (Å²) in [6, 6.07) is 3.16. The fourth-order valence-electron chi connectivity index (χ4n) is 4.21. The van der Waals surface area contributed by atoms with Crippen LogP contribution in [0.25, 0.3) is 0 Å². The normalized spacial score (nSPS) is 26.9. The fraction of sp³-hybridized carbons (Fsp3) is 0.556. The van der Waals surface area contributed by atoms with E-state index >= 15 is 0 Å². The number of hydrogen-bond donors (Lipinski definition) is 1. The minimum atomic E-state index is -0.657. The van der Waals surface area contributed by atoms with Gasteiger partial charge in [-0.15, -0.1) is 0 Å². The molecular weight excluding hydrogens is 314 g/mol. The Morgan fingerprint density at radius 3 is 2.67 bits per heavy atom. The Balaban J connectivity index is 1.75. The van der Waals surface area contributed by atoms with E-state index in [9.17, 15) is 18.4 Å². The van der Waals surface area contributed by atoms with E-state index in [0.717, 1.165) is 31.7 Å². The van der Waals surface area contributed by atoms with Crippen molar-refractivity contribution in [2.24, 2.45) is 5.41 Å². The molecule has 2 amide bonds. The quantitative estimate of drug-likeness (QED) is 0.923. The van der Waals surface area contributed by atoms with E-state index in [1.165, 1.54) is 12.1 Å². The summed E-state index contributed by atoms with van der Waals surface area (Å²) in [4.78, 5) is 26.6. The van der Waals surface area contributed by atoms with E-state index < -0.39 is 17.0 Å². The van der Waals surface area contributed by atoms with Crippen LogP contribution >= 0.6 is 0 Å². The molecule has 2 aliphatic rings. The van der Waals surface area contributed by atoms with Crippen LogP contribution in [0.2, 0.25) is 0 Å². The molecule has 0 aromatic heterocycles. The number of benzene rings is 1. The van der Waals surface area contributed by atoms with Gasteiger partial charge in [-0.1, -0.05) is 12.8 Å². The third-order valence-corrected chi connectivity index (χ3v) is 5.46. The molecule has 2 unspecified atom stereocenters. The van der Waals surface area contributed by atoms with E-state index in [4.69, 9.17) is 0 Å². The summed E-state index contributed by atoms with van der Waals surface area (Å²) >= 11 is 0. The van der Waals surface area contributed by atoms with Crippen LogP contribution in [0.3, 0.4) is 0 Å². The molecule has 2 atom stereocenters. The van der Waals surface area contributed by atoms with Crippen LogP contribution in [0.15, 0.2) is 18.2 Å². The molecule has 1 N–H and O–H groups in total. The van der Waals surface area contributed by atoms with E-state index in [1.54, 1.807) is 11.9 Å². The highest BCUT2D eigenvalue weighted by Gasteiger charge is 2.52. The van der Waals surface area contributed by atoms with Gasteiger partial charge in [0.2, 0.25) is 11.8 Å². The van der Waals surface area contributed by atoms with Gasteiger partial charge in [0.25, 0.3) is 0 Å². The average molecular weight is 336 g/mol. The summed E-state index contributed by atoms with van der Waals surface area (Å²) in [5, 5.41) is 2.84. The average Bonchev–Trinajstić information content (AvgIpc) is 2.55. The second-order valence-electron chi connectivity index (χ2n) is 6.88. The van der Waals surface area contributed by atoms with Crippen molar-refractivity contribution in [2.75, 3.05) is 7.05 Å². The number of fused-ring (bicyclic) bond motifs is 1. The van der Waals surface area contributed by atoms with Crippen molar-refractivity contribution in [1.29, 1.82) is 0 Å². The SMILES string of the molecule is CN1C(=O)CCC2(C(=O)NCc3cc(F)cc(F)c3)CCCCC12. The molecule has 2 fully saturated rings. The summed E-state index contributed by atoms with van der Waals surface area (Å²) in [6.07, 6.45) is 4.45. The lowest BCUT2D eigenvalue weighted by molar-refractivity contribution is -0.153. The zero-order valence-corrected chi connectivity index (χ0v) is 13.8. The number of nitrogens with one attached hydrogen (secondary N) is 1. The fourth-order valence-corrected chi connectivity index (χ4v) is 4.21. The Hall–Kier alpha value is -1.98. The summed E-state index contributed by atoms with van der Waals surface area (Å²) in [5.41, 5.74) is -0.183. The molecule has 1 saturated heterocycles. The van der Waals surface area contributed by atoms with Gasteiger partial charge in [-0.05, 0) is 37.0 Å². The first-order valence-electron chi connectivity index (χ1n) is 8.41. The number of carbonyl (C=O) groups excluding carboxylic acids is 2.